The fourth-order valence-electron chi connectivity index (χ4n) is 3.27. The Kier molecular flexibility index (Phi) is 4.68. The second-order valence-corrected chi connectivity index (χ2v) is 6.49. The van der Waals surface area contributed by atoms with Crippen molar-refractivity contribution in [3.05, 3.63) is 41.1 Å². The van der Waals surface area contributed by atoms with Gasteiger partial charge in [0.05, 0.1) is 5.69 Å². The molecule has 3 rings (SSSR count). The molecule has 1 aromatic heterocycles. The van der Waals surface area contributed by atoms with Crippen molar-refractivity contribution in [2.24, 2.45) is 0 Å². The molecule has 140 valence electrons. The minimum Gasteiger partial charge on any atom is -0.357 e. The number of rotatable bonds is 3. The highest BCUT2D eigenvalue weighted by Gasteiger charge is 2.41. The van der Waals surface area contributed by atoms with E-state index in [1.807, 2.05) is 11.8 Å². The highest BCUT2D eigenvalue weighted by Crippen LogP contribution is 2.39. The van der Waals surface area contributed by atoms with Crippen LogP contribution in [0.4, 0.5) is 19.0 Å². The third-order valence-corrected chi connectivity index (χ3v) is 4.53. The number of anilines is 1. The standard InChI is InChI=1S/C18H21F3N4O/c1-4-24-11-5-6-14-15(18(19,20)21)22-25(16(14)24)13-9-7-12(8-10-13)17(26)23(2)3/h7-10H,4-6,11H2,1-3H3. The van der Waals surface area contributed by atoms with E-state index in [0.29, 0.717) is 43.0 Å². The van der Waals surface area contributed by atoms with E-state index in [1.54, 1.807) is 38.4 Å². The zero-order valence-corrected chi connectivity index (χ0v) is 15.0. The minimum atomic E-state index is -4.49. The van der Waals surface area contributed by atoms with Crippen molar-refractivity contribution in [2.45, 2.75) is 25.9 Å². The molecule has 5 nitrogen and oxygen atoms in total. The van der Waals surface area contributed by atoms with Crippen molar-refractivity contribution in [3.63, 3.8) is 0 Å². The van der Waals surface area contributed by atoms with E-state index in [-0.39, 0.29) is 11.5 Å². The second-order valence-electron chi connectivity index (χ2n) is 6.49. The normalized spacial score (nSPS) is 14.3. The molecule has 1 amide bonds. The summed E-state index contributed by atoms with van der Waals surface area (Å²) in [6.45, 7) is 3.22. The van der Waals surface area contributed by atoms with Crippen molar-refractivity contribution in [1.82, 2.24) is 14.7 Å². The summed E-state index contributed by atoms with van der Waals surface area (Å²) in [6.07, 6.45) is -3.46. The van der Waals surface area contributed by atoms with Gasteiger partial charge in [0.1, 0.15) is 5.82 Å². The Hall–Kier alpha value is -2.51. The zero-order valence-electron chi connectivity index (χ0n) is 15.0. The van der Waals surface area contributed by atoms with Crippen LogP contribution >= 0.6 is 0 Å². The van der Waals surface area contributed by atoms with Crippen LogP contribution in [0.3, 0.4) is 0 Å². The van der Waals surface area contributed by atoms with Crippen LogP contribution in [0.1, 0.15) is 35.0 Å². The van der Waals surface area contributed by atoms with Gasteiger partial charge in [0.15, 0.2) is 5.69 Å². The molecular formula is C18H21F3N4O. The van der Waals surface area contributed by atoms with Gasteiger partial charge in [0.25, 0.3) is 5.91 Å². The Morgan fingerprint density at radius 2 is 1.88 bits per heavy atom. The predicted molar refractivity (Wildman–Crippen MR) is 92.8 cm³/mol. The summed E-state index contributed by atoms with van der Waals surface area (Å²) in [4.78, 5) is 15.4. The molecule has 0 saturated carbocycles. The number of hydrogen-bond donors (Lipinski definition) is 0. The smallest absolute Gasteiger partial charge is 0.357 e. The van der Waals surface area contributed by atoms with Gasteiger partial charge in [0.2, 0.25) is 0 Å². The van der Waals surface area contributed by atoms with E-state index in [2.05, 4.69) is 5.10 Å². The summed E-state index contributed by atoms with van der Waals surface area (Å²) in [7, 11) is 3.30. The number of fused-ring (bicyclic) bond motifs is 1. The molecular weight excluding hydrogens is 345 g/mol. The summed E-state index contributed by atoms with van der Waals surface area (Å²) < 4.78 is 41.7. The minimum absolute atomic E-state index is 0.162. The molecule has 26 heavy (non-hydrogen) atoms. The average molecular weight is 366 g/mol. The Bertz CT molecular complexity index is 809. The van der Waals surface area contributed by atoms with E-state index in [4.69, 9.17) is 0 Å². The van der Waals surface area contributed by atoms with Crippen molar-refractivity contribution in [3.8, 4) is 5.69 Å². The fourth-order valence-corrected chi connectivity index (χ4v) is 3.27. The Labute approximate surface area is 150 Å². The third-order valence-electron chi connectivity index (χ3n) is 4.53. The summed E-state index contributed by atoms with van der Waals surface area (Å²) in [5.41, 5.74) is 0.411. The number of benzene rings is 1. The highest BCUT2D eigenvalue weighted by molar-refractivity contribution is 5.94. The van der Waals surface area contributed by atoms with Gasteiger partial charge in [-0.05, 0) is 44.0 Å². The molecule has 0 fully saturated rings. The van der Waals surface area contributed by atoms with Gasteiger partial charge in [-0.3, -0.25) is 4.79 Å². The van der Waals surface area contributed by atoms with E-state index in [1.165, 1.54) is 9.58 Å². The van der Waals surface area contributed by atoms with E-state index < -0.39 is 11.9 Å². The number of aromatic nitrogens is 2. The monoisotopic (exact) mass is 366 g/mol. The van der Waals surface area contributed by atoms with Gasteiger partial charge in [0, 0.05) is 38.3 Å². The van der Waals surface area contributed by atoms with Gasteiger partial charge in [-0.1, -0.05) is 0 Å². The maximum absolute atomic E-state index is 13.5. The Morgan fingerprint density at radius 1 is 1.23 bits per heavy atom. The van der Waals surface area contributed by atoms with Gasteiger partial charge in [-0.15, -0.1) is 0 Å². The topological polar surface area (TPSA) is 41.4 Å². The molecule has 8 heteroatoms. The lowest BCUT2D eigenvalue weighted by atomic mass is 10.0. The molecule has 1 aliphatic heterocycles. The molecule has 0 unspecified atom stereocenters. The number of hydrogen-bond acceptors (Lipinski definition) is 3. The van der Waals surface area contributed by atoms with Gasteiger partial charge >= 0.3 is 6.18 Å². The zero-order chi connectivity index (χ0) is 19.1. The van der Waals surface area contributed by atoms with Gasteiger partial charge in [-0.25, -0.2) is 4.68 Å². The first-order valence-electron chi connectivity index (χ1n) is 8.50. The SMILES string of the molecule is CCN1CCCc2c(C(F)(F)F)nn(-c3ccc(C(=O)N(C)C)cc3)c21. The maximum Gasteiger partial charge on any atom is 0.435 e. The summed E-state index contributed by atoms with van der Waals surface area (Å²) in [5.74, 6) is 0.336. The van der Waals surface area contributed by atoms with E-state index in [0.717, 1.165) is 0 Å². The van der Waals surface area contributed by atoms with Gasteiger partial charge < -0.3 is 9.80 Å². The van der Waals surface area contributed by atoms with Crippen LogP contribution in [0.15, 0.2) is 24.3 Å². The summed E-state index contributed by atoms with van der Waals surface area (Å²) in [5, 5.41) is 3.90. The molecule has 0 aliphatic carbocycles. The van der Waals surface area contributed by atoms with Crippen LogP contribution in [0.25, 0.3) is 5.69 Å². The molecule has 2 heterocycles. The maximum atomic E-state index is 13.5. The number of carbonyl (C=O) groups excluding carboxylic acids is 1. The number of carbonyl (C=O) groups is 1. The largest absolute Gasteiger partial charge is 0.435 e. The number of nitrogens with zero attached hydrogens (tertiary/aromatic N) is 4. The van der Waals surface area contributed by atoms with Crippen LogP contribution in [0.2, 0.25) is 0 Å². The van der Waals surface area contributed by atoms with Crippen LogP contribution in [0, 0.1) is 0 Å². The molecule has 0 atom stereocenters. The van der Waals surface area contributed by atoms with Crippen molar-refractivity contribution >= 4 is 11.7 Å². The average Bonchev–Trinajstić information content (AvgIpc) is 3.01. The predicted octanol–water partition coefficient (Wildman–Crippen LogP) is 3.37. The van der Waals surface area contributed by atoms with Crippen LogP contribution < -0.4 is 4.90 Å². The molecule has 0 radical (unpaired) electrons. The Morgan fingerprint density at radius 3 is 2.42 bits per heavy atom. The molecule has 1 aromatic carbocycles. The van der Waals surface area contributed by atoms with Gasteiger partial charge in [-0.2, -0.15) is 18.3 Å². The fraction of sp³-hybridized carbons (Fsp3) is 0.444. The van der Waals surface area contributed by atoms with Crippen molar-refractivity contribution < 1.29 is 18.0 Å². The van der Waals surface area contributed by atoms with E-state index in [9.17, 15) is 18.0 Å². The lowest BCUT2D eigenvalue weighted by Gasteiger charge is -2.29. The first-order chi connectivity index (χ1) is 12.2. The first-order valence-corrected chi connectivity index (χ1v) is 8.50. The molecule has 2 aromatic rings. The summed E-state index contributed by atoms with van der Waals surface area (Å²) >= 11 is 0. The molecule has 0 bridgehead atoms. The van der Waals surface area contributed by atoms with Crippen molar-refractivity contribution in [1.29, 1.82) is 0 Å². The summed E-state index contributed by atoms with van der Waals surface area (Å²) in [6, 6.07) is 6.48. The quantitative estimate of drug-likeness (QED) is 0.836. The van der Waals surface area contributed by atoms with Crippen molar-refractivity contribution in [2.75, 3.05) is 32.1 Å². The van der Waals surface area contributed by atoms with Crippen LogP contribution in [-0.2, 0) is 12.6 Å². The highest BCUT2D eigenvalue weighted by atomic mass is 19.4. The molecule has 0 N–H and O–H groups in total. The first kappa shape index (κ1) is 18.3. The lowest BCUT2D eigenvalue weighted by Crippen LogP contribution is -2.31. The Balaban J connectivity index is 2.10. The molecule has 0 saturated heterocycles. The third kappa shape index (κ3) is 3.15. The number of amides is 1. The molecule has 1 aliphatic rings. The molecule has 0 spiro atoms. The van der Waals surface area contributed by atoms with E-state index >= 15 is 0 Å². The number of halogens is 3. The lowest BCUT2D eigenvalue weighted by molar-refractivity contribution is -0.142. The van der Waals surface area contributed by atoms with Crippen LogP contribution in [0.5, 0.6) is 0 Å². The second kappa shape index (κ2) is 6.66. The van der Waals surface area contributed by atoms with Crippen LogP contribution in [-0.4, -0.2) is 47.8 Å². The number of alkyl halides is 3.